The van der Waals surface area contributed by atoms with Crippen molar-refractivity contribution in [2.75, 3.05) is 6.61 Å². The maximum Gasteiger partial charge on any atom is 0.305 e. The maximum absolute atomic E-state index is 11.1. The van der Waals surface area contributed by atoms with Gasteiger partial charge in [-0.2, -0.15) is 0 Å². The van der Waals surface area contributed by atoms with Crippen LogP contribution in [0.5, 0.6) is 0 Å². The first-order valence-corrected chi connectivity index (χ1v) is 11.9. The van der Waals surface area contributed by atoms with Gasteiger partial charge in [0.25, 0.3) is 0 Å². The van der Waals surface area contributed by atoms with E-state index in [0.717, 1.165) is 54.8 Å². The minimum atomic E-state index is -0.0311. The number of allylic oxidation sites excluding steroid dienone is 4. The molecule has 4 unspecified atom stereocenters. The molecule has 0 saturated heterocycles. The lowest BCUT2D eigenvalue weighted by atomic mass is 9.86. The van der Waals surface area contributed by atoms with Crippen LogP contribution in [0.25, 0.3) is 0 Å². The molecular weight excluding hydrogens is 344 g/mol. The van der Waals surface area contributed by atoms with Crippen LogP contribution in [-0.4, -0.2) is 12.6 Å². The van der Waals surface area contributed by atoms with Crippen molar-refractivity contribution >= 4 is 5.97 Å². The molecule has 0 aromatic rings. The van der Waals surface area contributed by atoms with E-state index in [1.54, 1.807) is 0 Å². The number of hydrogen-bond donors (Lipinski definition) is 0. The van der Waals surface area contributed by atoms with Gasteiger partial charge >= 0.3 is 5.97 Å². The quantitative estimate of drug-likeness (QED) is 0.242. The number of ether oxygens (including phenoxy) is 1. The molecule has 1 saturated carbocycles. The van der Waals surface area contributed by atoms with Crippen LogP contribution in [0.2, 0.25) is 0 Å². The van der Waals surface area contributed by atoms with Gasteiger partial charge in [0.05, 0.1) is 6.61 Å². The number of unbranched alkanes of at least 4 members (excludes halogenated alkanes) is 2. The van der Waals surface area contributed by atoms with Crippen LogP contribution in [0.4, 0.5) is 0 Å². The smallest absolute Gasteiger partial charge is 0.305 e. The van der Waals surface area contributed by atoms with Crippen molar-refractivity contribution in [1.29, 1.82) is 0 Å². The lowest BCUT2D eigenvalue weighted by Gasteiger charge is -2.18. The van der Waals surface area contributed by atoms with Crippen LogP contribution in [0.3, 0.4) is 0 Å². The molecule has 162 valence electrons. The van der Waals surface area contributed by atoms with E-state index < -0.39 is 0 Å². The topological polar surface area (TPSA) is 26.3 Å². The molecule has 0 aliphatic heterocycles. The van der Waals surface area contributed by atoms with Crippen molar-refractivity contribution in [1.82, 2.24) is 0 Å². The Kier molecular flexibility index (Phi) is 12.5. The van der Waals surface area contributed by atoms with Gasteiger partial charge < -0.3 is 4.74 Å². The molecule has 0 radical (unpaired) electrons. The Morgan fingerprint density at radius 3 is 2.29 bits per heavy atom. The van der Waals surface area contributed by atoms with E-state index in [1.807, 2.05) is 6.92 Å². The molecule has 0 aromatic heterocycles. The van der Waals surface area contributed by atoms with Gasteiger partial charge in [0, 0.05) is 6.42 Å². The highest BCUT2D eigenvalue weighted by atomic mass is 16.5. The minimum Gasteiger partial charge on any atom is -0.466 e. The van der Waals surface area contributed by atoms with Crippen molar-refractivity contribution in [2.45, 2.75) is 92.9 Å². The van der Waals surface area contributed by atoms with Crippen LogP contribution in [0.1, 0.15) is 92.9 Å². The average molecular weight is 391 g/mol. The molecule has 0 N–H and O–H groups in total. The second kappa shape index (κ2) is 14.0. The molecule has 4 atom stereocenters. The van der Waals surface area contributed by atoms with Crippen LogP contribution in [0, 0.1) is 35.5 Å². The Labute approximate surface area is 175 Å². The zero-order valence-corrected chi connectivity index (χ0v) is 19.5. The molecule has 3 rings (SSSR count). The molecule has 2 heteroatoms. The fourth-order valence-corrected chi connectivity index (χ4v) is 4.26. The molecule has 0 aromatic carbocycles. The van der Waals surface area contributed by atoms with Crippen molar-refractivity contribution in [3.05, 3.63) is 24.3 Å². The summed E-state index contributed by atoms with van der Waals surface area (Å²) in [5.41, 5.74) is 0. The van der Waals surface area contributed by atoms with Crippen molar-refractivity contribution in [3.8, 4) is 0 Å². The fraction of sp³-hybridized carbons (Fsp3) is 0.808. The van der Waals surface area contributed by atoms with Gasteiger partial charge in [-0.3, -0.25) is 4.79 Å². The third-order valence-corrected chi connectivity index (χ3v) is 5.58. The monoisotopic (exact) mass is 390 g/mol. The van der Waals surface area contributed by atoms with Crippen LogP contribution >= 0.6 is 0 Å². The van der Waals surface area contributed by atoms with Gasteiger partial charge in [-0.05, 0) is 61.2 Å². The minimum absolute atomic E-state index is 0.0311. The van der Waals surface area contributed by atoms with E-state index in [-0.39, 0.29) is 5.97 Å². The fourth-order valence-electron chi connectivity index (χ4n) is 4.26. The molecule has 3 aliphatic rings. The predicted octanol–water partition coefficient (Wildman–Crippen LogP) is 7.59. The summed E-state index contributed by atoms with van der Waals surface area (Å²) in [7, 11) is 0. The molecule has 3 aliphatic carbocycles. The number of fused-ring (bicyclic) bond motifs is 5. The highest BCUT2D eigenvalue weighted by molar-refractivity contribution is 5.69. The van der Waals surface area contributed by atoms with Gasteiger partial charge in [-0.15, -0.1) is 0 Å². The maximum atomic E-state index is 11.1. The summed E-state index contributed by atoms with van der Waals surface area (Å²) in [6.45, 7) is 13.5. The normalized spacial score (nSPS) is 26.0. The highest BCUT2D eigenvalue weighted by Crippen LogP contribution is 2.52. The van der Waals surface area contributed by atoms with Crippen LogP contribution in [-0.2, 0) is 9.53 Å². The first kappa shape index (κ1) is 25.0. The van der Waals surface area contributed by atoms with E-state index in [9.17, 15) is 4.79 Å². The Morgan fingerprint density at radius 2 is 1.68 bits per heavy atom. The van der Waals surface area contributed by atoms with E-state index in [0.29, 0.717) is 13.0 Å². The van der Waals surface area contributed by atoms with Gasteiger partial charge in [0.1, 0.15) is 0 Å². The molecule has 28 heavy (non-hydrogen) atoms. The van der Waals surface area contributed by atoms with Gasteiger partial charge in [0.15, 0.2) is 0 Å². The zero-order valence-electron chi connectivity index (χ0n) is 19.5. The Morgan fingerprint density at radius 1 is 1.00 bits per heavy atom. The number of esters is 1. The molecule has 1 fully saturated rings. The van der Waals surface area contributed by atoms with E-state index in [1.165, 1.54) is 25.7 Å². The van der Waals surface area contributed by atoms with Crippen LogP contribution < -0.4 is 0 Å². The Hall–Kier alpha value is -1.05. The third-order valence-electron chi connectivity index (χ3n) is 5.58. The number of carbonyl (C=O) groups is 1. The van der Waals surface area contributed by atoms with Crippen molar-refractivity contribution in [2.24, 2.45) is 35.5 Å². The van der Waals surface area contributed by atoms with Crippen molar-refractivity contribution in [3.63, 3.8) is 0 Å². The lowest BCUT2D eigenvalue weighted by molar-refractivity contribution is -0.143. The standard InChI is InChI=1S/C12H24O2.C10H12.C4H10/c1-4-10-14-12(13)9-7-5-6-8-11(2)3;1-2-9-7-4-5-8(6-7)10(9)3-1;1-4(2)3/h11H,4-10H2,1-3H3;1-2,4-5,7-10H,3,6H2;4H,1-3H3. The largest absolute Gasteiger partial charge is 0.466 e. The molecule has 0 heterocycles. The summed E-state index contributed by atoms with van der Waals surface area (Å²) in [5.74, 6) is 5.40. The molecular formula is C26H46O2. The number of hydrogen-bond acceptors (Lipinski definition) is 2. The first-order valence-electron chi connectivity index (χ1n) is 11.9. The first-order chi connectivity index (χ1) is 13.3. The molecule has 0 amide bonds. The Bertz CT molecular complexity index is 472. The summed E-state index contributed by atoms with van der Waals surface area (Å²) in [4.78, 5) is 11.1. The Balaban J connectivity index is 0.000000241. The second-order valence-corrected chi connectivity index (χ2v) is 9.80. The SMILES string of the molecule is C1=CC2C3C=CC(C3)C2C1.CC(C)C.CCCOC(=O)CCCCCC(C)C. The summed E-state index contributed by atoms with van der Waals surface area (Å²) in [6.07, 6.45) is 18.7. The second-order valence-electron chi connectivity index (χ2n) is 9.80. The molecule has 2 nitrogen and oxygen atoms in total. The third kappa shape index (κ3) is 9.94. The predicted molar refractivity (Wildman–Crippen MR) is 121 cm³/mol. The summed E-state index contributed by atoms with van der Waals surface area (Å²) < 4.78 is 4.98. The van der Waals surface area contributed by atoms with Gasteiger partial charge in [-0.1, -0.05) is 85.1 Å². The number of carbonyl (C=O) groups excluding carboxylic acids is 1. The highest BCUT2D eigenvalue weighted by Gasteiger charge is 2.44. The zero-order chi connectivity index (χ0) is 20.9. The molecule has 0 spiro atoms. The lowest BCUT2D eigenvalue weighted by Crippen LogP contribution is -2.12. The van der Waals surface area contributed by atoms with E-state index >= 15 is 0 Å². The summed E-state index contributed by atoms with van der Waals surface area (Å²) >= 11 is 0. The van der Waals surface area contributed by atoms with Crippen LogP contribution in [0.15, 0.2) is 24.3 Å². The van der Waals surface area contributed by atoms with E-state index in [2.05, 4.69) is 58.9 Å². The average Bonchev–Trinajstić information content (AvgIpc) is 3.33. The summed E-state index contributed by atoms with van der Waals surface area (Å²) in [5, 5.41) is 0. The van der Waals surface area contributed by atoms with Crippen molar-refractivity contribution < 1.29 is 9.53 Å². The van der Waals surface area contributed by atoms with E-state index in [4.69, 9.17) is 4.74 Å². The summed E-state index contributed by atoms with van der Waals surface area (Å²) in [6, 6.07) is 0. The van der Waals surface area contributed by atoms with Gasteiger partial charge in [-0.25, -0.2) is 0 Å². The van der Waals surface area contributed by atoms with Gasteiger partial charge in [0.2, 0.25) is 0 Å². The number of rotatable bonds is 8. The molecule has 2 bridgehead atoms.